The lowest BCUT2D eigenvalue weighted by molar-refractivity contribution is -0.131. The van der Waals surface area contributed by atoms with Gasteiger partial charge in [-0.15, -0.1) is 4.40 Å². The average molecular weight is 422 g/mol. The van der Waals surface area contributed by atoms with Crippen LogP contribution in [-0.4, -0.2) is 56.1 Å². The van der Waals surface area contributed by atoms with Gasteiger partial charge in [-0.3, -0.25) is 4.79 Å². The van der Waals surface area contributed by atoms with Gasteiger partial charge < -0.3 is 9.80 Å². The van der Waals surface area contributed by atoms with E-state index in [0.717, 1.165) is 12.8 Å². The maximum Gasteiger partial charge on any atom is 0.285 e. The van der Waals surface area contributed by atoms with Crippen molar-refractivity contribution in [3.05, 3.63) is 41.2 Å². The third kappa shape index (κ3) is 4.69. The molecule has 0 radical (unpaired) electrons. The van der Waals surface area contributed by atoms with Gasteiger partial charge in [0.25, 0.3) is 10.0 Å². The Morgan fingerprint density at radius 2 is 1.86 bits per heavy atom. The molecule has 1 atom stereocenters. The first-order valence-electron chi connectivity index (χ1n) is 10.1. The summed E-state index contributed by atoms with van der Waals surface area (Å²) < 4.78 is 42.7. The van der Waals surface area contributed by atoms with Gasteiger partial charge in [-0.2, -0.15) is 8.42 Å². The van der Waals surface area contributed by atoms with Crippen LogP contribution >= 0.6 is 0 Å². The lowest BCUT2D eigenvalue weighted by Crippen LogP contribution is -2.37. The monoisotopic (exact) mass is 421 g/mol. The number of hydrogen-bond donors (Lipinski definition) is 0. The first-order chi connectivity index (χ1) is 13.7. The van der Waals surface area contributed by atoms with E-state index in [4.69, 9.17) is 0 Å². The number of hydrogen-bond acceptors (Lipinski definition) is 4. The molecule has 1 aromatic rings. The Morgan fingerprint density at radius 3 is 2.52 bits per heavy atom. The molecule has 0 aromatic heterocycles. The molecular formula is C21H28FN3O3S. The second kappa shape index (κ2) is 8.65. The summed E-state index contributed by atoms with van der Waals surface area (Å²) >= 11 is 0. The zero-order valence-electron chi connectivity index (χ0n) is 17.2. The number of nitrogens with zero attached hydrogens (tertiary/aromatic N) is 3. The van der Waals surface area contributed by atoms with Crippen molar-refractivity contribution in [2.45, 2.75) is 40.0 Å². The van der Waals surface area contributed by atoms with E-state index < -0.39 is 15.8 Å². The Balaban J connectivity index is 1.78. The number of amides is 1. The zero-order chi connectivity index (χ0) is 21.2. The second-order valence-corrected chi connectivity index (χ2v) is 9.33. The molecule has 0 unspecified atom stereocenters. The van der Waals surface area contributed by atoms with Crippen molar-refractivity contribution < 1.29 is 17.6 Å². The molecule has 0 spiro atoms. The molecular weight excluding hydrogens is 393 g/mol. The van der Waals surface area contributed by atoms with Gasteiger partial charge in [-0.05, 0) is 37.0 Å². The van der Waals surface area contributed by atoms with Gasteiger partial charge in [-0.1, -0.05) is 32.4 Å². The smallest absolute Gasteiger partial charge is 0.285 e. The molecule has 29 heavy (non-hydrogen) atoms. The molecule has 8 heteroatoms. The van der Waals surface area contributed by atoms with Crippen LogP contribution in [0.15, 0.2) is 34.2 Å². The summed E-state index contributed by atoms with van der Waals surface area (Å²) in [5, 5.41) is 0. The number of carbonyl (C=O) groups is 1. The molecule has 3 rings (SSSR count). The van der Waals surface area contributed by atoms with Gasteiger partial charge in [0.2, 0.25) is 5.91 Å². The highest BCUT2D eigenvalue weighted by atomic mass is 32.2. The van der Waals surface area contributed by atoms with Gasteiger partial charge >= 0.3 is 0 Å². The van der Waals surface area contributed by atoms with Crippen molar-refractivity contribution in [1.29, 1.82) is 0 Å². The number of amidine groups is 1. The van der Waals surface area contributed by atoms with Crippen LogP contribution in [0.3, 0.4) is 0 Å². The standard InChI is InChI=1S/C21H28FN3O3S/c1-4-15(2)14-19(26)24-10-5-11-25(13-12-24)21-16(3)20(29(27,28)23-21)17-6-8-18(22)9-7-17/h6-9,15H,4-5,10-14H2,1-3H3/t15-/m1/s1. The molecule has 1 aromatic carbocycles. The summed E-state index contributed by atoms with van der Waals surface area (Å²) in [7, 11) is -3.84. The van der Waals surface area contributed by atoms with Crippen LogP contribution in [0.5, 0.6) is 0 Å². The fraction of sp³-hybridized carbons (Fsp3) is 0.524. The SMILES string of the molecule is CC[C@@H](C)CC(=O)N1CCCN(C2=NS(=O)(=O)C(c3ccc(F)cc3)=C2C)CC1. The van der Waals surface area contributed by atoms with E-state index >= 15 is 0 Å². The number of carbonyl (C=O) groups excluding carboxylic acids is 1. The first-order valence-corrected chi connectivity index (χ1v) is 11.5. The van der Waals surface area contributed by atoms with Crippen LogP contribution in [-0.2, 0) is 14.8 Å². The molecule has 0 aliphatic carbocycles. The fourth-order valence-electron chi connectivity index (χ4n) is 3.73. The third-order valence-corrected chi connectivity index (χ3v) is 7.09. The van der Waals surface area contributed by atoms with E-state index in [1.54, 1.807) is 6.92 Å². The van der Waals surface area contributed by atoms with Crippen LogP contribution in [0, 0.1) is 11.7 Å². The van der Waals surface area contributed by atoms with E-state index in [9.17, 15) is 17.6 Å². The minimum Gasteiger partial charge on any atom is -0.354 e. The van der Waals surface area contributed by atoms with Gasteiger partial charge in [0.1, 0.15) is 16.6 Å². The van der Waals surface area contributed by atoms with Crippen molar-refractivity contribution in [2.75, 3.05) is 26.2 Å². The molecule has 1 fully saturated rings. The van der Waals surface area contributed by atoms with E-state index in [1.165, 1.54) is 24.3 Å². The Bertz CT molecular complexity index is 938. The molecule has 158 valence electrons. The molecule has 0 saturated carbocycles. The van der Waals surface area contributed by atoms with E-state index in [1.807, 2.05) is 9.80 Å². The first kappa shape index (κ1) is 21.5. The molecule has 1 saturated heterocycles. The number of halogens is 1. The minimum absolute atomic E-state index is 0.126. The Hall–Kier alpha value is -2.22. The van der Waals surface area contributed by atoms with Crippen molar-refractivity contribution >= 4 is 26.7 Å². The number of benzene rings is 1. The predicted molar refractivity (Wildman–Crippen MR) is 112 cm³/mol. The number of rotatable bonds is 4. The summed E-state index contributed by atoms with van der Waals surface area (Å²) in [5.74, 6) is 0.523. The van der Waals surface area contributed by atoms with Gasteiger partial charge in [-0.25, -0.2) is 4.39 Å². The van der Waals surface area contributed by atoms with E-state index in [0.29, 0.717) is 55.5 Å². The molecule has 2 aliphatic heterocycles. The average Bonchev–Trinajstić information content (AvgIpc) is 2.83. The lowest BCUT2D eigenvalue weighted by Gasteiger charge is -2.24. The Kier molecular flexibility index (Phi) is 6.41. The van der Waals surface area contributed by atoms with Crippen LogP contribution in [0.1, 0.15) is 45.6 Å². The van der Waals surface area contributed by atoms with Crippen LogP contribution in [0.25, 0.3) is 4.91 Å². The molecule has 0 N–H and O–H groups in total. The third-order valence-electron chi connectivity index (χ3n) is 5.62. The van der Waals surface area contributed by atoms with Crippen molar-refractivity contribution in [3.63, 3.8) is 0 Å². The van der Waals surface area contributed by atoms with E-state index in [2.05, 4.69) is 18.2 Å². The maximum atomic E-state index is 13.2. The summed E-state index contributed by atoms with van der Waals surface area (Å²) in [6.07, 6.45) is 2.26. The van der Waals surface area contributed by atoms with Crippen LogP contribution in [0.4, 0.5) is 4.39 Å². The predicted octanol–water partition coefficient (Wildman–Crippen LogP) is 3.27. The minimum atomic E-state index is -3.84. The van der Waals surface area contributed by atoms with Crippen molar-refractivity contribution in [3.8, 4) is 0 Å². The highest BCUT2D eigenvalue weighted by Gasteiger charge is 2.34. The lowest BCUT2D eigenvalue weighted by atomic mass is 10.0. The van der Waals surface area contributed by atoms with Gasteiger partial charge in [0, 0.05) is 38.2 Å². The maximum absolute atomic E-state index is 13.2. The van der Waals surface area contributed by atoms with Crippen LogP contribution in [0.2, 0.25) is 0 Å². The fourth-order valence-corrected chi connectivity index (χ4v) is 5.22. The second-order valence-electron chi connectivity index (χ2n) is 7.79. The van der Waals surface area contributed by atoms with Gasteiger partial charge in [0.15, 0.2) is 0 Å². The highest BCUT2D eigenvalue weighted by Crippen LogP contribution is 2.33. The molecule has 1 amide bonds. The zero-order valence-corrected chi connectivity index (χ0v) is 18.0. The molecule has 2 heterocycles. The largest absolute Gasteiger partial charge is 0.354 e. The normalized spacial score (nSPS) is 20.5. The van der Waals surface area contributed by atoms with Crippen LogP contribution < -0.4 is 0 Å². The molecule has 2 aliphatic rings. The Morgan fingerprint density at radius 1 is 1.17 bits per heavy atom. The highest BCUT2D eigenvalue weighted by molar-refractivity contribution is 8.00. The van der Waals surface area contributed by atoms with Crippen molar-refractivity contribution in [1.82, 2.24) is 9.80 Å². The summed E-state index contributed by atoms with van der Waals surface area (Å²) in [6, 6.07) is 5.41. The number of sulfonamides is 1. The topological polar surface area (TPSA) is 70.1 Å². The van der Waals surface area contributed by atoms with E-state index in [-0.39, 0.29) is 10.8 Å². The van der Waals surface area contributed by atoms with Gasteiger partial charge in [0.05, 0.1) is 0 Å². The Labute approximate surface area is 172 Å². The summed E-state index contributed by atoms with van der Waals surface area (Å²) in [6.45, 7) is 8.27. The van der Waals surface area contributed by atoms with Crippen molar-refractivity contribution in [2.24, 2.45) is 10.3 Å². The summed E-state index contributed by atoms with van der Waals surface area (Å²) in [4.78, 5) is 16.5. The molecule has 0 bridgehead atoms. The summed E-state index contributed by atoms with van der Waals surface area (Å²) in [5.41, 5.74) is 0.999. The molecule has 6 nitrogen and oxygen atoms in total. The quantitative estimate of drug-likeness (QED) is 0.748.